The smallest absolute Gasteiger partial charge is 0.228 e. The maximum absolute atomic E-state index is 6.34. The normalized spacial score (nSPS) is 11.7. The van der Waals surface area contributed by atoms with E-state index in [0.717, 1.165) is 22.0 Å². The summed E-state index contributed by atoms with van der Waals surface area (Å²) in [5.74, 6) is 1.01. The van der Waals surface area contributed by atoms with E-state index in [0.29, 0.717) is 28.2 Å². The van der Waals surface area contributed by atoms with Crippen LogP contribution in [-0.4, -0.2) is 30.7 Å². The van der Waals surface area contributed by atoms with Crippen molar-refractivity contribution in [3.63, 3.8) is 0 Å². The zero-order valence-corrected chi connectivity index (χ0v) is 17.4. The van der Waals surface area contributed by atoms with E-state index in [-0.39, 0.29) is 5.95 Å². The van der Waals surface area contributed by atoms with E-state index in [1.807, 2.05) is 44.2 Å². The first-order valence-corrected chi connectivity index (χ1v) is 9.72. The van der Waals surface area contributed by atoms with Crippen LogP contribution in [-0.2, 0) is 6.42 Å². The highest BCUT2D eigenvalue weighted by Crippen LogP contribution is 2.29. The van der Waals surface area contributed by atoms with E-state index < -0.39 is 5.54 Å². The average Bonchev–Trinajstić information content (AvgIpc) is 3.12. The Balaban J connectivity index is 1.62. The van der Waals surface area contributed by atoms with Crippen molar-refractivity contribution in [3.05, 3.63) is 58.2 Å². The van der Waals surface area contributed by atoms with Gasteiger partial charge in [0, 0.05) is 16.5 Å². The molecule has 148 valence electrons. The van der Waals surface area contributed by atoms with E-state index in [2.05, 4.69) is 30.5 Å². The molecule has 0 amide bonds. The third-order valence-corrected chi connectivity index (χ3v) is 5.33. The van der Waals surface area contributed by atoms with Crippen LogP contribution in [0.5, 0.6) is 0 Å². The molecule has 0 saturated heterocycles. The molecule has 0 radical (unpaired) electrons. The van der Waals surface area contributed by atoms with E-state index in [1.165, 1.54) is 0 Å². The number of nitrogens with zero attached hydrogens (tertiary/aromatic N) is 4. The Bertz CT molecular complexity index is 1190. The molecule has 0 aliphatic rings. The summed E-state index contributed by atoms with van der Waals surface area (Å²) in [5, 5.41) is 12.4. The highest BCUT2D eigenvalue weighted by atomic mass is 35.5. The number of hydrogen-bond acceptors (Lipinski definition) is 6. The Morgan fingerprint density at radius 2 is 1.93 bits per heavy atom. The minimum Gasteiger partial charge on any atom is -0.368 e. The molecule has 9 heteroatoms. The lowest BCUT2D eigenvalue weighted by Gasteiger charge is -2.27. The van der Waals surface area contributed by atoms with E-state index in [4.69, 9.17) is 28.9 Å². The van der Waals surface area contributed by atoms with E-state index >= 15 is 0 Å². The second-order valence-electron chi connectivity index (χ2n) is 7.41. The Morgan fingerprint density at radius 1 is 1.10 bits per heavy atom. The molecule has 0 aliphatic heterocycles. The molecule has 4 aromatic rings. The maximum atomic E-state index is 6.34. The number of aromatic amines is 1. The first-order chi connectivity index (χ1) is 13.8. The number of H-pyrrole nitrogens is 1. The van der Waals surface area contributed by atoms with Crippen LogP contribution >= 0.6 is 23.2 Å². The molecule has 29 heavy (non-hydrogen) atoms. The summed E-state index contributed by atoms with van der Waals surface area (Å²) >= 11 is 12.5. The molecule has 0 bridgehead atoms. The molecule has 0 aliphatic carbocycles. The second kappa shape index (κ2) is 7.50. The Hall–Kier alpha value is -2.90. The third kappa shape index (κ3) is 4.26. The Morgan fingerprint density at radius 3 is 2.76 bits per heavy atom. The van der Waals surface area contributed by atoms with Gasteiger partial charge >= 0.3 is 0 Å². The molecule has 7 nitrogen and oxygen atoms in total. The van der Waals surface area contributed by atoms with Crippen molar-refractivity contribution in [1.82, 2.24) is 25.1 Å². The quantitative estimate of drug-likeness (QED) is 0.424. The van der Waals surface area contributed by atoms with Crippen LogP contribution in [0.15, 0.2) is 42.6 Å². The number of aromatic nitrogens is 5. The predicted octanol–water partition coefficient (Wildman–Crippen LogP) is 4.74. The van der Waals surface area contributed by atoms with Gasteiger partial charge in [-0.05, 0) is 38.0 Å². The fraction of sp³-hybridized carbons (Fsp3) is 0.200. The molecule has 0 unspecified atom stereocenters. The second-order valence-corrected chi connectivity index (χ2v) is 8.20. The van der Waals surface area contributed by atoms with Crippen LogP contribution < -0.4 is 11.1 Å². The summed E-state index contributed by atoms with van der Waals surface area (Å²) in [5.41, 5.74) is 8.18. The first kappa shape index (κ1) is 19.4. The minimum atomic E-state index is -0.410. The van der Waals surface area contributed by atoms with Crippen LogP contribution in [0, 0.1) is 0 Å². The zero-order chi connectivity index (χ0) is 20.6. The summed E-state index contributed by atoms with van der Waals surface area (Å²) < 4.78 is 0. The molecule has 0 saturated carbocycles. The molecule has 4 rings (SSSR count). The van der Waals surface area contributed by atoms with Crippen LogP contribution in [0.3, 0.4) is 0 Å². The highest BCUT2D eigenvalue weighted by molar-refractivity contribution is 6.42. The number of nitrogens with two attached hydrogens (primary N) is 1. The van der Waals surface area contributed by atoms with Gasteiger partial charge in [0.05, 0.1) is 21.8 Å². The lowest BCUT2D eigenvalue weighted by atomic mass is 9.95. The van der Waals surface area contributed by atoms with Crippen molar-refractivity contribution in [1.29, 1.82) is 0 Å². The fourth-order valence-corrected chi connectivity index (χ4v) is 3.55. The maximum Gasteiger partial charge on any atom is 0.228 e. The molecule has 0 fully saturated rings. The molecule has 2 aromatic heterocycles. The number of anilines is 2. The molecule has 4 N–H and O–H groups in total. The third-order valence-electron chi connectivity index (χ3n) is 4.47. The minimum absolute atomic E-state index is 0.138. The van der Waals surface area contributed by atoms with Gasteiger partial charge in [0.2, 0.25) is 11.9 Å². The largest absolute Gasteiger partial charge is 0.368 e. The van der Waals surface area contributed by atoms with Crippen molar-refractivity contribution in [2.45, 2.75) is 25.8 Å². The summed E-state index contributed by atoms with van der Waals surface area (Å²) in [7, 11) is 0. The van der Waals surface area contributed by atoms with Gasteiger partial charge in [-0.1, -0.05) is 47.5 Å². The standard InChI is InChI=1S/C20H19Cl2N7/c1-20(2,9-12-4-3-5-14(21)16(12)22)28-19-26-17(25-18(23)27-19)11-6-7-13-10-24-29-15(13)8-11/h3-8,10H,9H2,1-2H3,(H,24,29)(H3,23,25,26,27,28). The fourth-order valence-electron chi connectivity index (χ4n) is 3.16. The number of nitrogens with one attached hydrogen (secondary N) is 2. The summed E-state index contributed by atoms with van der Waals surface area (Å²) in [6.45, 7) is 4.06. The van der Waals surface area contributed by atoms with Crippen molar-refractivity contribution < 1.29 is 0 Å². The number of hydrogen-bond donors (Lipinski definition) is 3. The predicted molar refractivity (Wildman–Crippen MR) is 117 cm³/mol. The number of benzene rings is 2. The molecule has 2 aromatic carbocycles. The lowest BCUT2D eigenvalue weighted by Crippen LogP contribution is -2.34. The van der Waals surface area contributed by atoms with E-state index in [9.17, 15) is 0 Å². The van der Waals surface area contributed by atoms with Gasteiger partial charge in [0.15, 0.2) is 5.82 Å². The molecular formula is C20H19Cl2N7. The number of halogens is 2. The topological polar surface area (TPSA) is 105 Å². The highest BCUT2D eigenvalue weighted by Gasteiger charge is 2.22. The van der Waals surface area contributed by atoms with Crippen molar-refractivity contribution >= 4 is 46.0 Å². The van der Waals surface area contributed by atoms with Crippen LogP contribution in [0.4, 0.5) is 11.9 Å². The van der Waals surface area contributed by atoms with Crippen LogP contribution in [0.25, 0.3) is 22.3 Å². The van der Waals surface area contributed by atoms with Gasteiger partial charge in [-0.3, -0.25) is 5.10 Å². The van der Waals surface area contributed by atoms with Gasteiger partial charge in [0.1, 0.15) is 0 Å². The van der Waals surface area contributed by atoms with Crippen LogP contribution in [0.1, 0.15) is 19.4 Å². The van der Waals surface area contributed by atoms with Gasteiger partial charge in [-0.15, -0.1) is 0 Å². The summed E-state index contributed by atoms with van der Waals surface area (Å²) in [6.07, 6.45) is 2.38. The summed E-state index contributed by atoms with van der Waals surface area (Å²) in [4.78, 5) is 13.1. The first-order valence-electron chi connectivity index (χ1n) is 8.97. The Kier molecular flexibility index (Phi) is 5.02. The molecular weight excluding hydrogens is 409 g/mol. The van der Waals surface area contributed by atoms with Crippen LogP contribution in [0.2, 0.25) is 10.0 Å². The van der Waals surface area contributed by atoms with Gasteiger partial charge in [0.25, 0.3) is 0 Å². The molecule has 0 atom stereocenters. The number of nitrogen functional groups attached to an aromatic ring is 1. The molecule has 2 heterocycles. The van der Waals surface area contributed by atoms with Gasteiger partial charge in [-0.25, -0.2) is 0 Å². The summed E-state index contributed by atoms with van der Waals surface area (Å²) in [6, 6.07) is 11.4. The number of fused-ring (bicyclic) bond motifs is 1. The van der Waals surface area contributed by atoms with Gasteiger partial charge < -0.3 is 11.1 Å². The Labute approximate surface area is 177 Å². The molecule has 0 spiro atoms. The van der Waals surface area contributed by atoms with Crippen molar-refractivity contribution in [2.24, 2.45) is 0 Å². The zero-order valence-electron chi connectivity index (χ0n) is 15.9. The average molecular weight is 428 g/mol. The SMILES string of the molecule is CC(C)(Cc1cccc(Cl)c1Cl)Nc1nc(N)nc(-c2ccc3cn[nH]c3c2)n1. The lowest BCUT2D eigenvalue weighted by molar-refractivity contribution is 0.558. The number of rotatable bonds is 5. The monoisotopic (exact) mass is 427 g/mol. The van der Waals surface area contributed by atoms with Crippen molar-refractivity contribution in [2.75, 3.05) is 11.1 Å². The van der Waals surface area contributed by atoms with Gasteiger partial charge in [-0.2, -0.15) is 20.1 Å². The van der Waals surface area contributed by atoms with Crippen molar-refractivity contribution in [3.8, 4) is 11.4 Å². The van der Waals surface area contributed by atoms with E-state index in [1.54, 1.807) is 12.3 Å².